The minimum atomic E-state index is -3.78. The molecule has 18 heavy (non-hydrogen) atoms. The van der Waals surface area contributed by atoms with E-state index in [1.54, 1.807) is 6.92 Å². The standard InChI is InChI=1S/C12H18FNO3S/c1-3-4-11(15)8-14-18(16,17)12-7-10(13)6-5-9(12)2/h5-7,11,14-15H,3-4,8H2,1-2H3. The average Bonchev–Trinajstić information content (AvgIpc) is 2.30. The van der Waals surface area contributed by atoms with Gasteiger partial charge in [-0.15, -0.1) is 0 Å². The first-order chi connectivity index (χ1) is 8.36. The zero-order valence-corrected chi connectivity index (χ0v) is 11.3. The molecule has 0 amide bonds. The second-order valence-corrected chi connectivity index (χ2v) is 5.94. The molecule has 0 aliphatic heterocycles. The summed E-state index contributed by atoms with van der Waals surface area (Å²) in [5, 5.41) is 9.48. The van der Waals surface area contributed by atoms with Crippen LogP contribution >= 0.6 is 0 Å². The molecule has 0 bridgehead atoms. The molecule has 0 saturated heterocycles. The molecule has 0 saturated carbocycles. The SMILES string of the molecule is CCCC(O)CNS(=O)(=O)c1cc(F)ccc1C. The lowest BCUT2D eigenvalue weighted by Crippen LogP contribution is -2.32. The van der Waals surface area contributed by atoms with E-state index >= 15 is 0 Å². The number of halogens is 1. The summed E-state index contributed by atoms with van der Waals surface area (Å²) in [6, 6.07) is 3.59. The third-order valence-corrected chi connectivity index (χ3v) is 4.14. The molecule has 1 unspecified atom stereocenters. The fourth-order valence-electron chi connectivity index (χ4n) is 1.58. The molecule has 1 aromatic rings. The number of aliphatic hydroxyl groups is 1. The fraction of sp³-hybridized carbons (Fsp3) is 0.500. The summed E-state index contributed by atoms with van der Waals surface area (Å²) in [6.07, 6.45) is 0.561. The fourth-order valence-corrected chi connectivity index (χ4v) is 2.91. The normalized spacial score (nSPS) is 13.6. The molecule has 2 N–H and O–H groups in total. The Kier molecular flexibility index (Phi) is 5.25. The lowest BCUT2D eigenvalue weighted by Gasteiger charge is -2.12. The Morgan fingerprint density at radius 3 is 2.72 bits per heavy atom. The summed E-state index contributed by atoms with van der Waals surface area (Å²) >= 11 is 0. The maximum atomic E-state index is 13.1. The Bertz CT molecular complexity index is 502. The van der Waals surface area contributed by atoms with Crippen molar-refractivity contribution in [3.8, 4) is 0 Å². The molecule has 0 fully saturated rings. The largest absolute Gasteiger partial charge is 0.392 e. The highest BCUT2D eigenvalue weighted by Crippen LogP contribution is 2.16. The lowest BCUT2D eigenvalue weighted by atomic mass is 10.2. The van der Waals surface area contributed by atoms with Crippen LogP contribution in [0.15, 0.2) is 23.1 Å². The third-order valence-electron chi connectivity index (χ3n) is 2.57. The van der Waals surface area contributed by atoms with Gasteiger partial charge in [0.2, 0.25) is 10.0 Å². The minimum Gasteiger partial charge on any atom is -0.392 e. The zero-order valence-electron chi connectivity index (χ0n) is 10.5. The van der Waals surface area contributed by atoms with Crippen LogP contribution in [0.3, 0.4) is 0 Å². The highest BCUT2D eigenvalue weighted by Gasteiger charge is 2.18. The van der Waals surface area contributed by atoms with Crippen LogP contribution in [-0.2, 0) is 10.0 Å². The van der Waals surface area contributed by atoms with Crippen LogP contribution in [0.5, 0.6) is 0 Å². The minimum absolute atomic E-state index is 0.0634. The molecule has 0 spiro atoms. The van der Waals surface area contributed by atoms with E-state index in [1.807, 2.05) is 6.92 Å². The molecule has 0 radical (unpaired) electrons. The maximum absolute atomic E-state index is 13.1. The lowest BCUT2D eigenvalue weighted by molar-refractivity contribution is 0.167. The average molecular weight is 275 g/mol. The number of aliphatic hydroxyl groups excluding tert-OH is 1. The second kappa shape index (κ2) is 6.26. The van der Waals surface area contributed by atoms with Crippen molar-refractivity contribution in [3.63, 3.8) is 0 Å². The van der Waals surface area contributed by atoms with E-state index in [0.29, 0.717) is 12.0 Å². The highest BCUT2D eigenvalue weighted by atomic mass is 32.2. The number of sulfonamides is 1. The van der Waals surface area contributed by atoms with Gasteiger partial charge in [0.15, 0.2) is 0 Å². The van der Waals surface area contributed by atoms with Crippen LogP contribution in [0.25, 0.3) is 0 Å². The summed E-state index contributed by atoms with van der Waals surface area (Å²) in [5.41, 5.74) is 0.467. The van der Waals surface area contributed by atoms with Gasteiger partial charge in [-0.25, -0.2) is 17.5 Å². The first kappa shape index (κ1) is 15.1. The van der Waals surface area contributed by atoms with E-state index < -0.39 is 21.9 Å². The molecule has 1 aromatic carbocycles. The molecule has 1 rings (SSSR count). The summed E-state index contributed by atoms with van der Waals surface area (Å²) in [4.78, 5) is -0.0915. The van der Waals surface area contributed by atoms with Crippen molar-refractivity contribution < 1.29 is 17.9 Å². The topological polar surface area (TPSA) is 66.4 Å². The van der Waals surface area contributed by atoms with Crippen LogP contribution in [0.4, 0.5) is 4.39 Å². The molecule has 0 heterocycles. The quantitative estimate of drug-likeness (QED) is 0.828. The zero-order chi connectivity index (χ0) is 13.8. The predicted octanol–water partition coefficient (Wildman–Crippen LogP) is 1.57. The van der Waals surface area contributed by atoms with Gasteiger partial charge in [0, 0.05) is 6.54 Å². The summed E-state index contributed by atoms with van der Waals surface area (Å²) in [6.45, 7) is 3.43. The number of hydrogen-bond acceptors (Lipinski definition) is 3. The van der Waals surface area contributed by atoms with Gasteiger partial charge in [-0.3, -0.25) is 0 Å². The van der Waals surface area contributed by atoms with Gasteiger partial charge in [-0.05, 0) is 31.0 Å². The Morgan fingerprint density at radius 2 is 2.11 bits per heavy atom. The highest BCUT2D eigenvalue weighted by molar-refractivity contribution is 7.89. The van der Waals surface area contributed by atoms with Crippen LogP contribution in [-0.4, -0.2) is 26.2 Å². The second-order valence-electron chi connectivity index (χ2n) is 4.20. The maximum Gasteiger partial charge on any atom is 0.241 e. The van der Waals surface area contributed by atoms with Crippen LogP contribution in [0.2, 0.25) is 0 Å². The van der Waals surface area contributed by atoms with E-state index in [1.165, 1.54) is 12.1 Å². The van der Waals surface area contributed by atoms with Crippen molar-refractivity contribution in [3.05, 3.63) is 29.6 Å². The van der Waals surface area contributed by atoms with Crippen molar-refractivity contribution in [2.75, 3.05) is 6.54 Å². The van der Waals surface area contributed by atoms with Gasteiger partial charge in [-0.1, -0.05) is 19.4 Å². The van der Waals surface area contributed by atoms with Crippen LogP contribution < -0.4 is 4.72 Å². The number of rotatable bonds is 6. The molecule has 0 aliphatic carbocycles. The molecular weight excluding hydrogens is 257 g/mol. The summed E-state index contributed by atoms with van der Waals surface area (Å²) in [5.74, 6) is -0.602. The van der Waals surface area contributed by atoms with Crippen LogP contribution in [0, 0.1) is 12.7 Å². The Morgan fingerprint density at radius 1 is 1.44 bits per heavy atom. The Hall–Kier alpha value is -0.980. The van der Waals surface area contributed by atoms with Gasteiger partial charge in [-0.2, -0.15) is 0 Å². The van der Waals surface area contributed by atoms with Gasteiger partial charge in [0.05, 0.1) is 11.0 Å². The van der Waals surface area contributed by atoms with E-state index in [-0.39, 0.29) is 11.4 Å². The van der Waals surface area contributed by atoms with Gasteiger partial charge < -0.3 is 5.11 Å². The molecule has 4 nitrogen and oxygen atoms in total. The first-order valence-corrected chi connectivity index (χ1v) is 7.29. The molecule has 102 valence electrons. The van der Waals surface area contributed by atoms with Gasteiger partial charge >= 0.3 is 0 Å². The first-order valence-electron chi connectivity index (χ1n) is 5.80. The number of hydrogen-bond donors (Lipinski definition) is 2. The Balaban J connectivity index is 2.83. The van der Waals surface area contributed by atoms with E-state index in [4.69, 9.17) is 0 Å². The van der Waals surface area contributed by atoms with Gasteiger partial charge in [0.1, 0.15) is 5.82 Å². The van der Waals surface area contributed by atoms with E-state index in [2.05, 4.69) is 4.72 Å². The molecule has 0 aliphatic rings. The Labute approximate surface area is 107 Å². The molecule has 0 aromatic heterocycles. The monoisotopic (exact) mass is 275 g/mol. The van der Waals surface area contributed by atoms with Crippen molar-refractivity contribution >= 4 is 10.0 Å². The molecule has 6 heteroatoms. The van der Waals surface area contributed by atoms with Crippen LogP contribution in [0.1, 0.15) is 25.3 Å². The summed E-state index contributed by atoms with van der Waals surface area (Å²) in [7, 11) is -3.78. The number of nitrogens with one attached hydrogen (secondary N) is 1. The van der Waals surface area contributed by atoms with E-state index in [9.17, 15) is 17.9 Å². The van der Waals surface area contributed by atoms with Gasteiger partial charge in [0.25, 0.3) is 0 Å². The predicted molar refractivity (Wildman–Crippen MR) is 67.2 cm³/mol. The number of benzene rings is 1. The van der Waals surface area contributed by atoms with Crippen molar-refractivity contribution in [2.45, 2.75) is 37.7 Å². The van der Waals surface area contributed by atoms with Crippen molar-refractivity contribution in [2.24, 2.45) is 0 Å². The number of aryl methyl sites for hydroxylation is 1. The summed E-state index contributed by atoms with van der Waals surface area (Å²) < 4.78 is 39.2. The van der Waals surface area contributed by atoms with Crippen molar-refractivity contribution in [1.82, 2.24) is 4.72 Å². The smallest absolute Gasteiger partial charge is 0.241 e. The molecular formula is C12H18FNO3S. The molecule has 1 atom stereocenters. The van der Waals surface area contributed by atoms with Crippen molar-refractivity contribution in [1.29, 1.82) is 0 Å². The van der Waals surface area contributed by atoms with E-state index in [0.717, 1.165) is 12.5 Å². The third kappa shape index (κ3) is 4.04.